The number of carbonyl (C=O) groups excluding carboxylic acids is 2. The number of Topliss-reactive ketones (excluding diaryl/α,β-unsaturated/α-hetero) is 1. The second-order valence-corrected chi connectivity index (χ2v) is 6.18. The van der Waals surface area contributed by atoms with E-state index < -0.39 is 0 Å². The molecule has 0 saturated carbocycles. The van der Waals surface area contributed by atoms with Gasteiger partial charge in [-0.25, -0.2) is 0 Å². The summed E-state index contributed by atoms with van der Waals surface area (Å²) < 4.78 is 7.20. The summed E-state index contributed by atoms with van der Waals surface area (Å²) in [6, 6.07) is 0. The van der Waals surface area contributed by atoms with Gasteiger partial charge < -0.3 is 0 Å². The summed E-state index contributed by atoms with van der Waals surface area (Å²) in [7, 11) is 0. The molecule has 2 aliphatic rings. The van der Waals surface area contributed by atoms with E-state index in [0.717, 1.165) is 64.2 Å². The predicted octanol–water partition coefficient (Wildman–Crippen LogP) is -0.271. The first-order valence-corrected chi connectivity index (χ1v) is 9.03. The molecule has 0 unspecified atom stereocenters. The van der Waals surface area contributed by atoms with E-state index in [1.54, 1.807) is 4.90 Å². The standard InChI is InChI=1S/C14H19N2O3.Pb/c1-11-9-16(10-12(2)14(11)18)13(17)3-4-15-5-7-19-8-6-15;/h1H,2-10H2;. The molecule has 0 aromatic carbocycles. The first-order valence-electron chi connectivity index (χ1n) is 6.78. The van der Waals surface area contributed by atoms with Crippen molar-refractivity contribution in [3.05, 3.63) is 21.4 Å². The first kappa shape index (κ1) is 15.8. The Kier molecular flexibility index (Phi) is 5.91. The molecule has 0 N–H and O–H groups in total. The molecule has 0 aromatic rings. The molecular formula is C14H19N2O3Pb. The van der Waals surface area contributed by atoms with Crippen molar-refractivity contribution in [3.8, 4) is 0 Å². The average molecular weight is 471 g/mol. The van der Waals surface area contributed by atoms with Crippen LogP contribution in [0.25, 0.3) is 0 Å². The van der Waals surface area contributed by atoms with Crippen LogP contribution in [0, 0.1) is 0 Å². The first-order chi connectivity index (χ1) is 9.61. The zero-order valence-corrected chi connectivity index (χ0v) is 15.4. The van der Waals surface area contributed by atoms with Crippen molar-refractivity contribution >= 4 is 37.5 Å². The summed E-state index contributed by atoms with van der Waals surface area (Å²) in [5.74, 6) is 0.128. The molecule has 2 rings (SSSR count). The van der Waals surface area contributed by atoms with E-state index in [-0.39, 0.29) is 11.7 Å². The minimum atomic E-state index is 0.0252. The van der Waals surface area contributed by atoms with Crippen LogP contribution in [-0.4, -0.2) is 93.2 Å². The summed E-state index contributed by atoms with van der Waals surface area (Å²) in [5.41, 5.74) is 1.26. The molecule has 6 heteroatoms. The monoisotopic (exact) mass is 471 g/mol. The topological polar surface area (TPSA) is 49.9 Å². The number of likely N-dealkylation sites (tertiary alicyclic amines) is 1. The van der Waals surface area contributed by atoms with E-state index in [2.05, 4.69) is 11.5 Å². The maximum absolute atomic E-state index is 12.3. The van der Waals surface area contributed by atoms with Gasteiger partial charge in [0.05, 0.1) is 0 Å². The normalized spacial score (nSPS) is 23.4. The number of carbonyl (C=O) groups is 2. The zero-order valence-electron chi connectivity index (χ0n) is 11.6. The number of ether oxygens (including phenoxy) is 1. The van der Waals surface area contributed by atoms with Crippen LogP contribution in [0.2, 0.25) is 0 Å². The van der Waals surface area contributed by atoms with Crippen LogP contribution in [0.3, 0.4) is 0 Å². The molecule has 2 saturated heterocycles. The quantitative estimate of drug-likeness (QED) is 0.421. The van der Waals surface area contributed by atoms with Gasteiger partial charge in [-0.05, 0) is 0 Å². The molecule has 0 spiro atoms. The van der Waals surface area contributed by atoms with E-state index in [4.69, 9.17) is 4.74 Å². The third-order valence-corrected chi connectivity index (χ3v) is 4.98. The molecule has 2 aliphatic heterocycles. The Hall–Kier alpha value is -0.538. The van der Waals surface area contributed by atoms with Gasteiger partial charge in [0.15, 0.2) is 0 Å². The third kappa shape index (κ3) is 3.98. The molecule has 107 valence electrons. The molecule has 3 radical (unpaired) electrons. The van der Waals surface area contributed by atoms with Gasteiger partial charge in [0.1, 0.15) is 0 Å². The van der Waals surface area contributed by atoms with Gasteiger partial charge in [-0.2, -0.15) is 0 Å². The molecule has 2 fully saturated rings. The molecule has 0 bridgehead atoms. The van der Waals surface area contributed by atoms with E-state index in [1.807, 2.05) is 3.64 Å². The van der Waals surface area contributed by atoms with Crippen molar-refractivity contribution < 1.29 is 14.3 Å². The van der Waals surface area contributed by atoms with Crippen molar-refractivity contribution in [2.45, 2.75) is 6.42 Å². The molecule has 0 atom stereocenters. The Balaban J connectivity index is 1.85. The number of morpholine rings is 1. The van der Waals surface area contributed by atoms with Gasteiger partial charge >= 0.3 is 135 Å². The molecule has 0 aliphatic carbocycles. The van der Waals surface area contributed by atoms with E-state index in [0.29, 0.717) is 25.1 Å². The number of nitrogens with zero attached hydrogens (tertiary/aromatic N) is 2. The van der Waals surface area contributed by atoms with Gasteiger partial charge in [0, 0.05) is 0 Å². The van der Waals surface area contributed by atoms with Gasteiger partial charge in [-0.15, -0.1) is 0 Å². The zero-order chi connectivity index (χ0) is 14.5. The van der Waals surface area contributed by atoms with Crippen molar-refractivity contribution in [1.29, 1.82) is 0 Å². The molecule has 2 heterocycles. The number of piperidine rings is 1. The van der Waals surface area contributed by atoms with Crippen molar-refractivity contribution in [2.24, 2.45) is 0 Å². The summed E-state index contributed by atoms with van der Waals surface area (Å²) in [5, 5.41) is 0. The SMILES string of the molecule is C=C1CN(C(=O)CCN2CCOCC2)C/C(=[CH]\[Pb])C1=O. The second-order valence-electron chi connectivity index (χ2n) is 5.06. The number of ketones is 1. The molecule has 5 nitrogen and oxygen atoms in total. The van der Waals surface area contributed by atoms with E-state index in [9.17, 15) is 9.59 Å². The molecular weight excluding hydrogens is 451 g/mol. The third-order valence-electron chi connectivity index (χ3n) is 3.63. The number of amides is 1. The number of hydrogen-bond acceptors (Lipinski definition) is 4. The number of hydrogen-bond donors (Lipinski definition) is 0. The van der Waals surface area contributed by atoms with Crippen LogP contribution >= 0.6 is 0 Å². The Morgan fingerprint density at radius 1 is 1.35 bits per heavy atom. The van der Waals surface area contributed by atoms with Crippen LogP contribution in [0.4, 0.5) is 0 Å². The van der Waals surface area contributed by atoms with Crippen LogP contribution in [0.5, 0.6) is 0 Å². The summed E-state index contributed by atoms with van der Waals surface area (Å²) in [6.45, 7) is 8.64. The Bertz CT molecular complexity index is 442. The fourth-order valence-corrected chi connectivity index (χ4v) is 3.25. The minimum absolute atomic E-state index is 0.0252. The predicted molar refractivity (Wildman–Crippen MR) is 76.4 cm³/mol. The summed E-state index contributed by atoms with van der Waals surface area (Å²) >= 11 is 0.821. The molecule has 0 aromatic heterocycles. The Morgan fingerprint density at radius 3 is 2.70 bits per heavy atom. The van der Waals surface area contributed by atoms with Crippen LogP contribution in [-0.2, 0) is 14.3 Å². The van der Waals surface area contributed by atoms with E-state index in [1.165, 1.54) is 0 Å². The van der Waals surface area contributed by atoms with Crippen molar-refractivity contribution in [2.75, 3.05) is 45.9 Å². The average Bonchev–Trinajstić information content (AvgIpc) is 2.48. The fraction of sp³-hybridized carbons (Fsp3) is 0.571. The maximum atomic E-state index is 12.3. The Morgan fingerprint density at radius 2 is 2.05 bits per heavy atom. The van der Waals surface area contributed by atoms with Crippen LogP contribution in [0.1, 0.15) is 6.42 Å². The summed E-state index contributed by atoms with van der Waals surface area (Å²) in [6.07, 6.45) is 0.496. The second kappa shape index (κ2) is 7.46. The molecule has 1 amide bonds. The summed E-state index contributed by atoms with van der Waals surface area (Å²) in [4.78, 5) is 28.1. The van der Waals surface area contributed by atoms with Crippen LogP contribution < -0.4 is 0 Å². The number of rotatable bonds is 3. The van der Waals surface area contributed by atoms with Crippen molar-refractivity contribution in [1.82, 2.24) is 9.80 Å². The Labute approximate surface area is 135 Å². The van der Waals surface area contributed by atoms with Crippen LogP contribution in [0.15, 0.2) is 21.4 Å². The molecule has 20 heavy (non-hydrogen) atoms. The van der Waals surface area contributed by atoms with Gasteiger partial charge in [-0.1, -0.05) is 0 Å². The van der Waals surface area contributed by atoms with Crippen molar-refractivity contribution in [3.63, 3.8) is 0 Å². The fourth-order valence-electron chi connectivity index (χ4n) is 2.39. The van der Waals surface area contributed by atoms with Gasteiger partial charge in [0.2, 0.25) is 0 Å². The van der Waals surface area contributed by atoms with E-state index >= 15 is 0 Å². The van der Waals surface area contributed by atoms with Gasteiger partial charge in [0.25, 0.3) is 0 Å². The van der Waals surface area contributed by atoms with Gasteiger partial charge in [-0.3, -0.25) is 0 Å².